The minimum absolute atomic E-state index is 0.600. The van der Waals surface area contributed by atoms with Crippen molar-refractivity contribution in [2.24, 2.45) is 0 Å². The van der Waals surface area contributed by atoms with Crippen LogP contribution in [-0.2, 0) is 4.79 Å². The Morgan fingerprint density at radius 1 is 1.40 bits per heavy atom. The van der Waals surface area contributed by atoms with Gasteiger partial charge in [-0.05, 0) is 37.3 Å². The first-order valence-electron chi connectivity index (χ1n) is 5.79. The van der Waals surface area contributed by atoms with E-state index >= 15 is 0 Å². The van der Waals surface area contributed by atoms with Gasteiger partial charge in [-0.1, -0.05) is 37.1 Å². The summed E-state index contributed by atoms with van der Waals surface area (Å²) < 4.78 is 0. The van der Waals surface area contributed by atoms with Gasteiger partial charge in [0, 0.05) is 6.42 Å². The molecule has 0 atom stereocenters. The maximum Gasteiger partial charge on any atom is 0.124 e. The van der Waals surface area contributed by atoms with E-state index in [1.807, 2.05) is 0 Å². The van der Waals surface area contributed by atoms with Crippen LogP contribution in [0, 0.1) is 0 Å². The fraction of sp³-hybridized carbons (Fsp3) is 0.500. The lowest BCUT2D eigenvalue weighted by atomic mass is 9.90. The second-order valence-electron chi connectivity index (χ2n) is 3.95. The maximum absolute atomic E-state index is 10.4. The van der Waals surface area contributed by atoms with Gasteiger partial charge in [0.1, 0.15) is 6.29 Å². The van der Waals surface area contributed by atoms with Crippen LogP contribution in [-0.4, -0.2) is 6.29 Å². The molecule has 1 heteroatoms. The van der Waals surface area contributed by atoms with Crippen molar-refractivity contribution >= 4 is 6.29 Å². The highest BCUT2D eigenvalue weighted by atomic mass is 16.1. The molecule has 0 saturated carbocycles. The molecular weight excluding hydrogens is 184 g/mol. The molecule has 0 aromatic heterocycles. The Kier molecular flexibility index (Phi) is 5.09. The van der Waals surface area contributed by atoms with E-state index < -0.39 is 0 Å². The first-order chi connectivity index (χ1) is 7.31. The maximum atomic E-state index is 10.4. The Morgan fingerprint density at radius 2 is 2.20 bits per heavy atom. The van der Waals surface area contributed by atoms with Gasteiger partial charge >= 0.3 is 0 Å². The van der Waals surface area contributed by atoms with Gasteiger partial charge in [-0.2, -0.15) is 0 Å². The van der Waals surface area contributed by atoms with E-state index in [-0.39, 0.29) is 0 Å². The van der Waals surface area contributed by atoms with E-state index in [2.05, 4.69) is 32.1 Å². The van der Waals surface area contributed by atoms with Crippen LogP contribution in [0.1, 0.15) is 46.0 Å². The van der Waals surface area contributed by atoms with Gasteiger partial charge in [0.15, 0.2) is 0 Å². The zero-order valence-corrected chi connectivity index (χ0v) is 9.75. The molecule has 1 aliphatic rings. The molecule has 0 saturated heterocycles. The molecule has 0 aliphatic heterocycles. The van der Waals surface area contributed by atoms with Gasteiger partial charge in [-0.25, -0.2) is 0 Å². The molecule has 0 aromatic rings. The van der Waals surface area contributed by atoms with Crippen molar-refractivity contribution in [3.8, 4) is 0 Å². The van der Waals surface area contributed by atoms with Gasteiger partial charge in [-0.15, -0.1) is 0 Å². The Hall–Kier alpha value is -1.11. The van der Waals surface area contributed by atoms with Crippen LogP contribution >= 0.6 is 0 Å². The summed E-state index contributed by atoms with van der Waals surface area (Å²) in [6.45, 7) is 4.32. The van der Waals surface area contributed by atoms with Gasteiger partial charge in [-0.3, -0.25) is 0 Å². The molecule has 1 rings (SSSR count). The van der Waals surface area contributed by atoms with Crippen molar-refractivity contribution in [2.45, 2.75) is 46.0 Å². The fourth-order valence-corrected chi connectivity index (χ4v) is 1.98. The lowest BCUT2D eigenvalue weighted by Gasteiger charge is -2.15. The highest BCUT2D eigenvalue weighted by Gasteiger charge is 2.08. The number of hydrogen-bond donors (Lipinski definition) is 0. The molecule has 0 spiro atoms. The first kappa shape index (κ1) is 12.0. The number of carbonyl (C=O) groups is 1. The Labute approximate surface area is 92.6 Å². The summed E-state index contributed by atoms with van der Waals surface area (Å²) in [5.74, 6) is 0. The normalized spacial score (nSPS) is 17.1. The third-order valence-corrected chi connectivity index (χ3v) is 2.86. The summed E-state index contributed by atoms with van der Waals surface area (Å²) in [6.07, 6.45) is 12.6. The average Bonchev–Trinajstić information content (AvgIpc) is 2.28. The van der Waals surface area contributed by atoms with E-state index in [0.29, 0.717) is 6.42 Å². The van der Waals surface area contributed by atoms with Crippen LogP contribution in [0.3, 0.4) is 0 Å². The van der Waals surface area contributed by atoms with Crippen molar-refractivity contribution in [2.75, 3.05) is 0 Å². The molecule has 1 nitrogen and oxygen atoms in total. The molecule has 1 aliphatic carbocycles. The second-order valence-corrected chi connectivity index (χ2v) is 3.95. The topological polar surface area (TPSA) is 17.1 Å². The van der Waals surface area contributed by atoms with E-state index in [4.69, 9.17) is 0 Å². The molecule has 15 heavy (non-hydrogen) atoms. The van der Waals surface area contributed by atoms with Crippen molar-refractivity contribution in [3.63, 3.8) is 0 Å². The first-order valence-corrected chi connectivity index (χ1v) is 5.79. The number of carbonyl (C=O) groups excluding carboxylic acids is 1. The minimum Gasteiger partial charge on any atom is -0.303 e. The predicted octanol–water partition coefficient (Wildman–Crippen LogP) is 3.97. The lowest BCUT2D eigenvalue weighted by Crippen LogP contribution is -1.97. The standard InChI is InChI=1S/C14H20O/c1-3-5-13(4-2)14-8-6-12(7-9-14)10-11-15/h4,6,8,11H,3,5,7,9-10H2,1-2H3/b13-4+. The highest BCUT2D eigenvalue weighted by molar-refractivity contribution is 5.55. The molecule has 0 heterocycles. The molecule has 0 radical (unpaired) electrons. The van der Waals surface area contributed by atoms with Crippen LogP contribution in [0.25, 0.3) is 0 Å². The molecule has 0 amide bonds. The molecule has 0 bridgehead atoms. The molecule has 0 fully saturated rings. The van der Waals surface area contributed by atoms with Crippen LogP contribution in [0.15, 0.2) is 34.9 Å². The van der Waals surface area contributed by atoms with Crippen molar-refractivity contribution in [1.82, 2.24) is 0 Å². The van der Waals surface area contributed by atoms with E-state index in [9.17, 15) is 4.79 Å². The molecular formula is C14H20O. The molecule has 82 valence electrons. The summed E-state index contributed by atoms with van der Waals surface area (Å²) in [7, 11) is 0. The molecule has 0 N–H and O–H groups in total. The van der Waals surface area contributed by atoms with Gasteiger partial charge in [0.05, 0.1) is 0 Å². The number of hydrogen-bond acceptors (Lipinski definition) is 1. The van der Waals surface area contributed by atoms with Crippen LogP contribution in [0.2, 0.25) is 0 Å². The number of rotatable bonds is 5. The zero-order valence-electron chi connectivity index (χ0n) is 9.75. The minimum atomic E-state index is 0.600. The van der Waals surface area contributed by atoms with Gasteiger partial charge in [0.2, 0.25) is 0 Å². The highest BCUT2D eigenvalue weighted by Crippen LogP contribution is 2.27. The predicted molar refractivity (Wildman–Crippen MR) is 64.7 cm³/mol. The van der Waals surface area contributed by atoms with Crippen LogP contribution in [0.5, 0.6) is 0 Å². The van der Waals surface area contributed by atoms with E-state index in [1.165, 1.54) is 29.6 Å². The summed E-state index contributed by atoms with van der Waals surface area (Å²) in [5.41, 5.74) is 4.19. The van der Waals surface area contributed by atoms with Crippen molar-refractivity contribution in [3.05, 3.63) is 34.9 Å². The molecule has 0 unspecified atom stereocenters. The largest absolute Gasteiger partial charge is 0.303 e. The Morgan fingerprint density at radius 3 is 2.67 bits per heavy atom. The summed E-state index contributed by atoms with van der Waals surface area (Å²) in [4.78, 5) is 10.4. The van der Waals surface area contributed by atoms with Crippen LogP contribution in [0.4, 0.5) is 0 Å². The second kappa shape index (κ2) is 6.39. The lowest BCUT2D eigenvalue weighted by molar-refractivity contribution is -0.107. The summed E-state index contributed by atoms with van der Waals surface area (Å²) in [5, 5.41) is 0. The third kappa shape index (κ3) is 3.50. The summed E-state index contributed by atoms with van der Waals surface area (Å²) >= 11 is 0. The van der Waals surface area contributed by atoms with Gasteiger partial charge < -0.3 is 4.79 Å². The zero-order chi connectivity index (χ0) is 11.1. The third-order valence-electron chi connectivity index (χ3n) is 2.86. The van der Waals surface area contributed by atoms with Gasteiger partial charge in [0.25, 0.3) is 0 Å². The Bertz CT molecular complexity index is 305. The molecule has 0 aromatic carbocycles. The van der Waals surface area contributed by atoms with Crippen LogP contribution < -0.4 is 0 Å². The van der Waals surface area contributed by atoms with E-state index in [0.717, 1.165) is 19.1 Å². The number of aldehydes is 1. The fourth-order valence-electron chi connectivity index (χ4n) is 1.98. The van der Waals surface area contributed by atoms with E-state index in [1.54, 1.807) is 0 Å². The monoisotopic (exact) mass is 204 g/mol. The quantitative estimate of drug-likeness (QED) is 0.619. The summed E-state index contributed by atoms with van der Waals surface area (Å²) in [6, 6.07) is 0. The Balaban J connectivity index is 2.69. The number of allylic oxidation sites excluding steroid dienone is 6. The SMILES string of the molecule is C/C=C(\CCC)C1=CC=C(CC=O)CC1. The van der Waals surface area contributed by atoms with Crippen molar-refractivity contribution in [1.29, 1.82) is 0 Å². The average molecular weight is 204 g/mol. The van der Waals surface area contributed by atoms with Crippen molar-refractivity contribution < 1.29 is 4.79 Å². The smallest absolute Gasteiger partial charge is 0.124 e.